The molecule has 1 N–H and O–H groups in total. The first-order valence-corrected chi connectivity index (χ1v) is 7.10. The maximum Gasteiger partial charge on any atom is 0.273 e. The van der Waals surface area contributed by atoms with E-state index in [9.17, 15) is 14.9 Å². The standard InChI is InChI=1S/C13H17BrN2O3/c1-8-4-5-11(6-12(8)16(18)19)13(17)15-10(3)9(2)7-14/h4-6,9-10H,7H2,1-3H3,(H,15,17). The molecule has 5 nitrogen and oxygen atoms in total. The van der Waals surface area contributed by atoms with E-state index >= 15 is 0 Å². The number of hydrogen-bond donors (Lipinski definition) is 1. The van der Waals surface area contributed by atoms with Gasteiger partial charge >= 0.3 is 0 Å². The molecule has 1 amide bonds. The lowest BCUT2D eigenvalue weighted by Gasteiger charge is -2.19. The molecule has 0 aliphatic rings. The molecule has 0 bridgehead atoms. The summed E-state index contributed by atoms with van der Waals surface area (Å²) in [7, 11) is 0. The minimum absolute atomic E-state index is 0.00719. The van der Waals surface area contributed by atoms with E-state index in [1.807, 2.05) is 13.8 Å². The van der Waals surface area contributed by atoms with E-state index in [-0.39, 0.29) is 23.6 Å². The molecule has 1 rings (SSSR count). The molecule has 0 saturated heterocycles. The van der Waals surface area contributed by atoms with Crippen LogP contribution in [0.3, 0.4) is 0 Å². The number of rotatable bonds is 5. The van der Waals surface area contributed by atoms with Crippen LogP contribution in [0.15, 0.2) is 18.2 Å². The Balaban J connectivity index is 2.89. The first-order chi connectivity index (χ1) is 8.86. The van der Waals surface area contributed by atoms with Crippen molar-refractivity contribution in [2.75, 3.05) is 5.33 Å². The molecule has 1 aromatic carbocycles. The minimum Gasteiger partial charge on any atom is -0.349 e. The predicted octanol–water partition coefficient (Wildman–Crippen LogP) is 3.05. The second-order valence-electron chi connectivity index (χ2n) is 4.65. The van der Waals surface area contributed by atoms with Crippen molar-refractivity contribution in [2.45, 2.75) is 26.8 Å². The van der Waals surface area contributed by atoms with Gasteiger partial charge in [0.25, 0.3) is 11.6 Å². The Bertz CT molecular complexity index is 491. The van der Waals surface area contributed by atoms with Crippen LogP contribution in [-0.4, -0.2) is 22.2 Å². The van der Waals surface area contributed by atoms with Crippen LogP contribution in [0.2, 0.25) is 0 Å². The van der Waals surface area contributed by atoms with Gasteiger partial charge in [-0.1, -0.05) is 28.9 Å². The third kappa shape index (κ3) is 4.02. The van der Waals surface area contributed by atoms with E-state index in [1.165, 1.54) is 6.07 Å². The number of carbonyl (C=O) groups excluding carboxylic acids is 1. The monoisotopic (exact) mass is 328 g/mol. The topological polar surface area (TPSA) is 72.2 Å². The fraction of sp³-hybridized carbons (Fsp3) is 0.462. The highest BCUT2D eigenvalue weighted by Crippen LogP contribution is 2.19. The van der Waals surface area contributed by atoms with Gasteiger partial charge in [0.1, 0.15) is 0 Å². The number of halogens is 1. The number of nitrogens with one attached hydrogen (secondary N) is 1. The smallest absolute Gasteiger partial charge is 0.273 e. The number of alkyl halides is 1. The lowest BCUT2D eigenvalue weighted by molar-refractivity contribution is -0.385. The summed E-state index contributed by atoms with van der Waals surface area (Å²) in [5, 5.41) is 14.5. The Morgan fingerprint density at radius 2 is 2.11 bits per heavy atom. The van der Waals surface area contributed by atoms with Gasteiger partial charge in [0.2, 0.25) is 0 Å². The van der Waals surface area contributed by atoms with E-state index in [2.05, 4.69) is 21.2 Å². The molecule has 6 heteroatoms. The lowest BCUT2D eigenvalue weighted by Crippen LogP contribution is -2.37. The minimum atomic E-state index is -0.476. The van der Waals surface area contributed by atoms with Crippen LogP contribution < -0.4 is 5.32 Å². The van der Waals surface area contributed by atoms with Crippen LogP contribution in [0, 0.1) is 23.0 Å². The zero-order chi connectivity index (χ0) is 14.6. The predicted molar refractivity (Wildman–Crippen MR) is 77.7 cm³/mol. The van der Waals surface area contributed by atoms with Gasteiger partial charge in [-0.25, -0.2) is 0 Å². The average Bonchev–Trinajstić information content (AvgIpc) is 2.37. The van der Waals surface area contributed by atoms with Gasteiger partial charge in [-0.3, -0.25) is 14.9 Å². The quantitative estimate of drug-likeness (QED) is 0.513. The van der Waals surface area contributed by atoms with Gasteiger partial charge in [0.05, 0.1) is 4.92 Å². The van der Waals surface area contributed by atoms with Crippen LogP contribution in [-0.2, 0) is 0 Å². The summed E-state index contributed by atoms with van der Waals surface area (Å²) in [6, 6.07) is 4.50. The highest BCUT2D eigenvalue weighted by atomic mass is 79.9. The van der Waals surface area contributed by atoms with Gasteiger partial charge in [0.15, 0.2) is 0 Å². The van der Waals surface area contributed by atoms with Crippen molar-refractivity contribution in [3.63, 3.8) is 0 Å². The highest BCUT2D eigenvalue weighted by Gasteiger charge is 2.18. The zero-order valence-corrected chi connectivity index (χ0v) is 12.7. The molecule has 0 saturated carbocycles. The fourth-order valence-corrected chi connectivity index (χ4v) is 2.07. The number of nitro groups is 1. The second-order valence-corrected chi connectivity index (χ2v) is 5.30. The summed E-state index contributed by atoms with van der Waals surface area (Å²) in [5.41, 5.74) is 0.822. The van der Waals surface area contributed by atoms with Crippen LogP contribution in [0.4, 0.5) is 5.69 Å². The number of aryl methyl sites for hydroxylation is 1. The molecule has 0 aliphatic carbocycles. The van der Waals surface area contributed by atoms with Gasteiger partial charge in [-0.15, -0.1) is 0 Å². The van der Waals surface area contributed by atoms with Crippen molar-refractivity contribution in [1.82, 2.24) is 5.32 Å². The van der Waals surface area contributed by atoms with Crippen molar-refractivity contribution >= 4 is 27.5 Å². The third-order valence-electron chi connectivity index (χ3n) is 3.12. The van der Waals surface area contributed by atoms with Crippen molar-refractivity contribution < 1.29 is 9.72 Å². The van der Waals surface area contributed by atoms with Gasteiger partial charge in [-0.05, 0) is 25.8 Å². The number of benzene rings is 1. The maximum absolute atomic E-state index is 12.0. The molecule has 0 spiro atoms. The summed E-state index contributed by atoms with van der Waals surface area (Å²) >= 11 is 3.36. The molecular formula is C13H17BrN2O3. The molecule has 19 heavy (non-hydrogen) atoms. The summed E-state index contributed by atoms with van der Waals surface area (Å²) in [5.74, 6) is -0.00668. The van der Waals surface area contributed by atoms with Crippen molar-refractivity contribution in [2.24, 2.45) is 5.92 Å². The number of nitro benzene ring substituents is 1. The average molecular weight is 329 g/mol. The molecule has 2 unspecified atom stereocenters. The molecule has 2 atom stereocenters. The number of hydrogen-bond acceptors (Lipinski definition) is 3. The van der Waals surface area contributed by atoms with Crippen LogP contribution in [0.5, 0.6) is 0 Å². The fourth-order valence-electron chi connectivity index (χ4n) is 1.51. The molecular weight excluding hydrogens is 312 g/mol. The van der Waals surface area contributed by atoms with Gasteiger partial charge < -0.3 is 5.32 Å². The van der Waals surface area contributed by atoms with Crippen molar-refractivity contribution in [1.29, 1.82) is 0 Å². The Labute approximate surface area is 120 Å². The largest absolute Gasteiger partial charge is 0.349 e. The summed E-state index contributed by atoms with van der Waals surface area (Å²) in [4.78, 5) is 22.4. The van der Waals surface area contributed by atoms with Crippen LogP contribution in [0.1, 0.15) is 29.8 Å². The Morgan fingerprint density at radius 3 is 2.63 bits per heavy atom. The second kappa shape index (κ2) is 6.65. The molecule has 0 heterocycles. The molecule has 0 aromatic heterocycles. The molecule has 0 radical (unpaired) electrons. The molecule has 0 aliphatic heterocycles. The van der Waals surface area contributed by atoms with Gasteiger partial charge in [0, 0.05) is 28.6 Å². The van der Waals surface area contributed by atoms with Crippen LogP contribution >= 0.6 is 15.9 Å². The first-order valence-electron chi connectivity index (χ1n) is 5.98. The summed E-state index contributed by atoms with van der Waals surface area (Å²) in [6.45, 7) is 5.57. The Morgan fingerprint density at radius 1 is 1.47 bits per heavy atom. The summed E-state index contributed by atoms with van der Waals surface area (Å²) < 4.78 is 0. The molecule has 1 aromatic rings. The van der Waals surface area contributed by atoms with Crippen molar-refractivity contribution in [3.05, 3.63) is 39.4 Å². The van der Waals surface area contributed by atoms with E-state index in [0.717, 1.165) is 5.33 Å². The normalized spacial score (nSPS) is 13.7. The number of carbonyl (C=O) groups is 1. The maximum atomic E-state index is 12.0. The number of nitrogens with zero attached hydrogens (tertiary/aromatic N) is 1. The lowest BCUT2D eigenvalue weighted by atomic mass is 10.1. The van der Waals surface area contributed by atoms with E-state index in [0.29, 0.717) is 11.1 Å². The van der Waals surface area contributed by atoms with E-state index in [4.69, 9.17) is 0 Å². The molecule has 0 fully saturated rings. The zero-order valence-electron chi connectivity index (χ0n) is 11.1. The Hall–Kier alpha value is -1.43. The summed E-state index contributed by atoms with van der Waals surface area (Å²) in [6.07, 6.45) is 0. The first kappa shape index (κ1) is 15.6. The SMILES string of the molecule is Cc1ccc(C(=O)NC(C)C(C)CBr)cc1[N+](=O)[O-]. The van der Waals surface area contributed by atoms with E-state index < -0.39 is 4.92 Å². The van der Waals surface area contributed by atoms with Gasteiger partial charge in [-0.2, -0.15) is 0 Å². The molecule has 104 valence electrons. The third-order valence-corrected chi connectivity index (χ3v) is 4.15. The van der Waals surface area contributed by atoms with Crippen LogP contribution in [0.25, 0.3) is 0 Å². The highest BCUT2D eigenvalue weighted by molar-refractivity contribution is 9.09. The Kier molecular flexibility index (Phi) is 5.47. The van der Waals surface area contributed by atoms with E-state index in [1.54, 1.807) is 19.1 Å². The number of amides is 1. The van der Waals surface area contributed by atoms with Crippen molar-refractivity contribution in [3.8, 4) is 0 Å².